The maximum atomic E-state index is 14.2. The normalized spacial score (nSPS) is 14.1. The van der Waals surface area contributed by atoms with Crippen molar-refractivity contribution in [3.8, 4) is 22.6 Å². The number of aryl methyl sites for hydroxylation is 1. The summed E-state index contributed by atoms with van der Waals surface area (Å²) < 4.78 is 29.7. The van der Waals surface area contributed by atoms with Gasteiger partial charge in [0.1, 0.15) is 11.5 Å². The van der Waals surface area contributed by atoms with E-state index < -0.39 is 11.8 Å². The molecule has 0 radical (unpaired) electrons. The van der Waals surface area contributed by atoms with Crippen molar-refractivity contribution in [2.24, 2.45) is 0 Å². The fraction of sp³-hybridized carbons (Fsp3) is 0.273. The summed E-state index contributed by atoms with van der Waals surface area (Å²) in [5, 5.41) is 4.06. The van der Waals surface area contributed by atoms with Gasteiger partial charge in [0, 0.05) is 36.0 Å². The minimum atomic E-state index is -0.717. The number of ether oxygens (including phenoxy) is 2. The second kappa shape index (κ2) is 8.05. The Hall–Kier alpha value is -3.19. The lowest BCUT2D eigenvalue weighted by Crippen LogP contribution is -2.36. The number of esters is 1. The van der Waals surface area contributed by atoms with Gasteiger partial charge in [-0.1, -0.05) is 11.2 Å². The van der Waals surface area contributed by atoms with Crippen molar-refractivity contribution in [1.82, 2.24) is 5.16 Å². The molecule has 6 nitrogen and oxygen atoms in total. The first-order valence-electron chi connectivity index (χ1n) is 9.35. The smallest absolute Gasteiger partial charge is 0.340 e. The average Bonchev–Trinajstić information content (AvgIpc) is 3.24. The van der Waals surface area contributed by atoms with Gasteiger partial charge in [0.05, 0.1) is 25.9 Å². The van der Waals surface area contributed by atoms with Crippen LogP contribution in [0.15, 0.2) is 47.0 Å². The van der Waals surface area contributed by atoms with E-state index in [4.69, 9.17) is 9.26 Å². The highest BCUT2D eigenvalue weighted by atomic mass is 19.1. The zero-order valence-electron chi connectivity index (χ0n) is 16.3. The van der Waals surface area contributed by atoms with Crippen molar-refractivity contribution < 1.29 is 23.2 Å². The molecule has 1 aliphatic heterocycles. The van der Waals surface area contributed by atoms with E-state index in [9.17, 15) is 9.18 Å². The van der Waals surface area contributed by atoms with Gasteiger partial charge in [-0.05, 0) is 42.8 Å². The van der Waals surface area contributed by atoms with Crippen LogP contribution in [0.5, 0.6) is 0 Å². The summed E-state index contributed by atoms with van der Waals surface area (Å²) >= 11 is 0. The Bertz CT molecular complexity index is 1040. The molecule has 1 aromatic heterocycles. The van der Waals surface area contributed by atoms with E-state index in [1.54, 1.807) is 12.1 Å². The van der Waals surface area contributed by atoms with Gasteiger partial charge < -0.3 is 18.9 Å². The van der Waals surface area contributed by atoms with Crippen LogP contribution in [0.3, 0.4) is 0 Å². The summed E-state index contributed by atoms with van der Waals surface area (Å²) in [6.45, 7) is 5.28. The third-order valence-corrected chi connectivity index (χ3v) is 5.01. The molecule has 0 aliphatic carbocycles. The van der Waals surface area contributed by atoms with Crippen LogP contribution < -0.4 is 4.90 Å². The van der Waals surface area contributed by atoms with Crippen LogP contribution in [-0.4, -0.2) is 44.5 Å². The zero-order valence-corrected chi connectivity index (χ0v) is 16.3. The minimum absolute atomic E-state index is 0.116. The van der Waals surface area contributed by atoms with Crippen LogP contribution in [-0.2, 0) is 9.47 Å². The molecule has 2 aromatic carbocycles. The molecule has 0 bridgehead atoms. The summed E-state index contributed by atoms with van der Waals surface area (Å²) in [6.07, 6.45) is 0. The summed E-state index contributed by atoms with van der Waals surface area (Å²) in [5.74, 6) is -0.788. The number of methoxy groups -OCH3 is 1. The number of nitrogens with zero attached hydrogens (tertiary/aromatic N) is 2. The van der Waals surface area contributed by atoms with Crippen molar-refractivity contribution in [3.63, 3.8) is 0 Å². The second-order valence-corrected chi connectivity index (χ2v) is 6.86. The monoisotopic (exact) mass is 396 g/mol. The van der Waals surface area contributed by atoms with Gasteiger partial charge in [0.15, 0.2) is 5.76 Å². The van der Waals surface area contributed by atoms with E-state index in [0.717, 1.165) is 37.4 Å². The fourth-order valence-electron chi connectivity index (χ4n) is 3.47. The van der Waals surface area contributed by atoms with Gasteiger partial charge in [0.2, 0.25) is 0 Å². The topological polar surface area (TPSA) is 64.8 Å². The summed E-state index contributed by atoms with van der Waals surface area (Å²) in [4.78, 5) is 13.8. The van der Waals surface area contributed by atoms with Crippen LogP contribution in [0.25, 0.3) is 22.6 Å². The first kappa shape index (κ1) is 19.1. The highest BCUT2D eigenvalue weighted by Gasteiger charge is 2.17. The predicted molar refractivity (Wildman–Crippen MR) is 106 cm³/mol. The van der Waals surface area contributed by atoms with Gasteiger partial charge in [0.25, 0.3) is 0 Å². The molecule has 7 heteroatoms. The first-order valence-corrected chi connectivity index (χ1v) is 9.35. The number of anilines is 1. The van der Waals surface area contributed by atoms with Crippen molar-refractivity contribution in [3.05, 3.63) is 59.4 Å². The third-order valence-electron chi connectivity index (χ3n) is 5.01. The fourth-order valence-corrected chi connectivity index (χ4v) is 3.47. The zero-order chi connectivity index (χ0) is 20.4. The highest BCUT2D eigenvalue weighted by Crippen LogP contribution is 2.31. The number of hydrogen-bond donors (Lipinski definition) is 0. The van der Waals surface area contributed by atoms with Crippen molar-refractivity contribution >= 4 is 11.7 Å². The molecule has 2 heterocycles. The minimum Gasteiger partial charge on any atom is -0.465 e. The maximum Gasteiger partial charge on any atom is 0.340 e. The lowest BCUT2D eigenvalue weighted by molar-refractivity contribution is 0.0595. The molecule has 0 unspecified atom stereocenters. The third kappa shape index (κ3) is 3.86. The summed E-state index contributed by atoms with van der Waals surface area (Å²) in [6, 6.07) is 12.1. The van der Waals surface area contributed by atoms with Crippen LogP contribution >= 0.6 is 0 Å². The van der Waals surface area contributed by atoms with Crippen molar-refractivity contribution in [2.75, 3.05) is 38.3 Å². The number of halogens is 1. The number of rotatable bonds is 4. The van der Waals surface area contributed by atoms with E-state index >= 15 is 0 Å². The van der Waals surface area contributed by atoms with Gasteiger partial charge in [-0.25, -0.2) is 9.18 Å². The largest absolute Gasteiger partial charge is 0.465 e. The number of benzene rings is 2. The quantitative estimate of drug-likeness (QED) is 0.619. The summed E-state index contributed by atoms with van der Waals surface area (Å²) in [5.41, 5.74) is 4.10. The molecule has 0 spiro atoms. The number of carbonyl (C=O) groups is 1. The van der Waals surface area contributed by atoms with Crippen molar-refractivity contribution in [2.45, 2.75) is 6.92 Å². The summed E-state index contributed by atoms with van der Waals surface area (Å²) in [7, 11) is 1.21. The molecular weight excluding hydrogens is 375 g/mol. The Kier molecular flexibility index (Phi) is 5.31. The molecule has 29 heavy (non-hydrogen) atoms. The highest BCUT2D eigenvalue weighted by molar-refractivity contribution is 5.90. The molecule has 3 aromatic rings. The molecule has 0 saturated carbocycles. The van der Waals surface area contributed by atoms with E-state index in [1.165, 1.54) is 24.9 Å². The lowest BCUT2D eigenvalue weighted by atomic mass is 10.0. The molecule has 1 saturated heterocycles. The Morgan fingerprint density at radius 1 is 1.10 bits per heavy atom. The van der Waals surface area contributed by atoms with E-state index in [0.29, 0.717) is 17.0 Å². The molecule has 1 aliphatic rings. The van der Waals surface area contributed by atoms with E-state index in [1.807, 2.05) is 6.07 Å². The van der Waals surface area contributed by atoms with Crippen LogP contribution in [0.4, 0.5) is 10.1 Å². The first-order chi connectivity index (χ1) is 14.1. The van der Waals surface area contributed by atoms with E-state index in [2.05, 4.69) is 33.8 Å². The van der Waals surface area contributed by atoms with Gasteiger partial charge in [-0.15, -0.1) is 0 Å². The van der Waals surface area contributed by atoms with Crippen LogP contribution in [0.2, 0.25) is 0 Å². The number of hydrogen-bond acceptors (Lipinski definition) is 6. The molecule has 4 rings (SSSR count). The second-order valence-electron chi connectivity index (χ2n) is 6.86. The molecule has 150 valence electrons. The van der Waals surface area contributed by atoms with Gasteiger partial charge in [-0.3, -0.25) is 0 Å². The number of morpholine rings is 1. The Balaban J connectivity index is 1.58. The van der Waals surface area contributed by atoms with Gasteiger partial charge in [-0.2, -0.15) is 0 Å². The van der Waals surface area contributed by atoms with Gasteiger partial charge >= 0.3 is 5.97 Å². The van der Waals surface area contributed by atoms with Crippen LogP contribution in [0, 0.1) is 12.7 Å². The molecular formula is C22H21FN2O4. The molecule has 0 amide bonds. The molecule has 0 atom stereocenters. The SMILES string of the molecule is COC(=O)c1ccc(-c2cc(-c3ccc(N4CCOCC4)c(C)c3)on2)cc1F. The van der Waals surface area contributed by atoms with E-state index in [-0.39, 0.29) is 5.56 Å². The Morgan fingerprint density at radius 2 is 1.86 bits per heavy atom. The maximum absolute atomic E-state index is 14.2. The number of carbonyl (C=O) groups excluding carboxylic acids is 1. The standard InChI is InChI=1S/C22H21FN2O4/c1-14-11-16(4-6-20(14)25-7-9-28-10-8-25)21-13-19(24-29-21)15-3-5-17(18(23)12-15)22(26)27-2/h3-6,11-13H,7-10H2,1-2H3. The molecule has 0 N–H and O–H groups in total. The average molecular weight is 396 g/mol. The van der Waals surface area contributed by atoms with Crippen LogP contribution in [0.1, 0.15) is 15.9 Å². The Labute approximate surface area is 167 Å². The molecule has 1 fully saturated rings. The van der Waals surface area contributed by atoms with Crippen molar-refractivity contribution in [1.29, 1.82) is 0 Å². The lowest BCUT2D eigenvalue weighted by Gasteiger charge is -2.30. The predicted octanol–water partition coefficient (Wildman–Crippen LogP) is 4.08. The number of aromatic nitrogens is 1. The Morgan fingerprint density at radius 3 is 2.55 bits per heavy atom.